The standard InChI is InChI=1S/C29H29N3O4/c1-19(21-9-6-11-23(17-21)36-2)30-27(33)22-10-5-8-20(16-22)18-32-25-13-4-3-12-24(25)28(34)31-15-7-14-26(31)29(32)35/h3-6,8-13,16-17,19,26H,7,14-15,18H2,1-2H3,(H,30,33)/t19-,26-/m0/s1. The highest BCUT2D eigenvalue weighted by atomic mass is 16.5. The molecule has 2 heterocycles. The third-order valence-corrected chi connectivity index (χ3v) is 6.96. The van der Waals surface area contributed by atoms with Crippen LogP contribution in [0.4, 0.5) is 5.69 Å². The zero-order chi connectivity index (χ0) is 25.2. The molecule has 1 N–H and O–H groups in total. The summed E-state index contributed by atoms with van der Waals surface area (Å²) in [5, 5.41) is 3.04. The first-order chi connectivity index (χ1) is 17.5. The number of hydrogen-bond donors (Lipinski definition) is 1. The quantitative estimate of drug-likeness (QED) is 0.566. The van der Waals surface area contributed by atoms with Crippen molar-refractivity contribution in [2.45, 2.75) is 38.4 Å². The molecule has 3 amide bonds. The number of nitrogens with zero attached hydrogens (tertiary/aromatic N) is 2. The predicted molar refractivity (Wildman–Crippen MR) is 137 cm³/mol. The van der Waals surface area contributed by atoms with Crippen LogP contribution in [0.25, 0.3) is 0 Å². The van der Waals surface area contributed by atoms with E-state index < -0.39 is 6.04 Å². The van der Waals surface area contributed by atoms with Gasteiger partial charge in [0.05, 0.1) is 30.9 Å². The molecule has 0 radical (unpaired) electrons. The molecule has 0 unspecified atom stereocenters. The molecule has 7 nitrogen and oxygen atoms in total. The van der Waals surface area contributed by atoms with Crippen molar-refractivity contribution in [1.82, 2.24) is 10.2 Å². The lowest BCUT2D eigenvalue weighted by molar-refractivity contribution is -0.122. The first-order valence-electron chi connectivity index (χ1n) is 12.2. The fourth-order valence-corrected chi connectivity index (χ4v) is 5.04. The highest BCUT2D eigenvalue weighted by Gasteiger charge is 2.41. The van der Waals surface area contributed by atoms with Crippen molar-refractivity contribution in [3.63, 3.8) is 0 Å². The average Bonchev–Trinajstić information content (AvgIpc) is 3.38. The zero-order valence-corrected chi connectivity index (χ0v) is 20.4. The Morgan fingerprint density at radius 2 is 1.86 bits per heavy atom. The van der Waals surface area contributed by atoms with E-state index in [2.05, 4.69) is 5.32 Å². The van der Waals surface area contributed by atoms with E-state index in [1.165, 1.54) is 0 Å². The number of fused-ring (bicyclic) bond motifs is 2. The molecular weight excluding hydrogens is 454 g/mol. The maximum atomic E-state index is 13.6. The molecule has 36 heavy (non-hydrogen) atoms. The summed E-state index contributed by atoms with van der Waals surface area (Å²) >= 11 is 0. The molecule has 7 heteroatoms. The van der Waals surface area contributed by atoms with Crippen molar-refractivity contribution in [2.75, 3.05) is 18.6 Å². The van der Waals surface area contributed by atoms with Gasteiger partial charge in [0.1, 0.15) is 11.8 Å². The van der Waals surface area contributed by atoms with E-state index >= 15 is 0 Å². The van der Waals surface area contributed by atoms with Gasteiger partial charge in [-0.05, 0) is 67.3 Å². The number of carbonyl (C=O) groups excluding carboxylic acids is 3. The van der Waals surface area contributed by atoms with Crippen LogP contribution in [0.2, 0.25) is 0 Å². The molecule has 3 aromatic rings. The number of para-hydroxylation sites is 1. The maximum absolute atomic E-state index is 13.6. The van der Waals surface area contributed by atoms with Gasteiger partial charge in [-0.15, -0.1) is 0 Å². The Hall–Kier alpha value is -4.13. The minimum Gasteiger partial charge on any atom is -0.497 e. The van der Waals surface area contributed by atoms with Crippen molar-refractivity contribution in [3.8, 4) is 5.75 Å². The Kier molecular flexibility index (Phi) is 6.46. The van der Waals surface area contributed by atoms with Crippen LogP contribution >= 0.6 is 0 Å². The molecule has 2 atom stereocenters. The van der Waals surface area contributed by atoms with Crippen LogP contribution in [-0.4, -0.2) is 42.3 Å². The van der Waals surface area contributed by atoms with Crippen LogP contribution < -0.4 is 15.0 Å². The summed E-state index contributed by atoms with van der Waals surface area (Å²) in [4.78, 5) is 43.2. The van der Waals surface area contributed by atoms with E-state index in [4.69, 9.17) is 4.74 Å². The predicted octanol–water partition coefficient (Wildman–Crippen LogP) is 4.34. The largest absolute Gasteiger partial charge is 0.497 e. The Bertz CT molecular complexity index is 1320. The Labute approximate surface area is 210 Å². The number of hydrogen-bond acceptors (Lipinski definition) is 4. The van der Waals surface area contributed by atoms with Gasteiger partial charge in [-0.2, -0.15) is 0 Å². The smallest absolute Gasteiger partial charge is 0.256 e. The molecule has 0 aliphatic carbocycles. The number of amides is 3. The number of carbonyl (C=O) groups is 3. The molecule has 3 aromatic carbocycles. The van der Waals surface area contributed by atoms with Crippen LogP contribution in [0.3, 0.4) is 0 Å². The van der Waals surface area contributed by atoms with Crippen LogP contribution in [0, 0.1) is 0 Å². The van der Waals surface area contributed by atoms with Gasteiger partial charge in [0.25, 0.3) is 11.8 Å². The van der Waals surface area contributed by atoms with Gasteiger partial charge < -0.3 is 19.9 Å². The average molecular weight is 484 g/mol. The van der Waals surface area contributed by atoms with Crippen molar-refractivity contribution >= 4 is 23.4 Å². The van der Waals surface area contributed by atoms with Gasteiger partial charge >= 0.3 is 0 Å². The van der Waals surface area contributed by atoms with Gasteiger partial charge in [0.15, 0.2) is 0 Å². The van der Waals surface area contributed by atoms with Crippen LogP contribution in [0.5, 0.6) is 5.75 Å². The summed E-state index contributed by atoms with van der Waals surface area (Å²) in [6.07, 6.45) is 1.49. The molecule has 0 saturated carbocycles. The number of rotatable bonds is 6. The monoisotopic (exact) mass is 483 g/mol. The lowest BCUT2D eigenvalue weighted by Crippen LogP contribution is -2.44. The molecule has 0 bridgehead atoms. The van der Waals surface area contributed by atoms with Gasteiger partial charge in [-0.1, -0.05) is 36.4 Å². The molecule has 2 aliphatic heterocycles. The summed E-state index contributed by atoms with van der Waals surface area (Å²) in [5.41, 5.74) is 3.42. The number of benzene rings is 3. The number of nitrogens with one attached hydrogen (secondary N) is 1. The third-order valence-electron chi connectivity index (χ3n) is 6.96. The van der Waals surface area contributed by atoms with Gasteiger partial charge in [-0.25, -0.2) is 0 Å². The van der Waals surface area contributed by atoms with Gasteiger partial charge in [-0.3, -0.25) is 14.4 Å². The second-order valence-electron chi connectivity index (χ2n) is 9.27. The van der Waals surface area contributed by atoms with Crippen LogP contribution in [0.15, 0.2) is 72.8 Å². The van der Waals surface area contributed by atoms with Crippen molar-refractivity contribution in [3.05, 3.63) is 95.1 Å². The third kappa shape index (κ3) is 4.44. The summed E-state index contributed by atoms with van der Waals surface area (Å²) in [5.74, 6) is 0.361. The summed E-state index contributed by atoms with van der Waals surface area (Å²) in [6, 6.07) is 21.5. The minimum absolute atomic E-state index is 0.0766. The minimum atomic E-state index is -0.444. The van der Waals surface area contributed by atoms with Crippen LogP contribution in [0.1, 0.15) is 57.7 Å². The fraction of sp³-hybridized carbons (Fsp3) is 0.276. The molecule has 0 aromatic heterocycles. The SMILES string of the molecule is COc1cccc([C@H](C)NC(=O)c2cccc(CN3C(=O)[C@@H]4CCCN4C(=O)c4ccccc43)c2)c1. The number of methoxy groups -OCH3 is 1. The van der Waals surface area contributed by atoms with Crippen molar-refractivity contribution < 1.29 is 19.1 Å². The molecule has 1 saturated heterocycles. The van der Waals surface area contributed by atoms with Crippen LogP contribution in [-0.2, 0) is 11.3 Å². The molecular formula is C29H29N3O4. The first kappa shape index (κ1) is 23.6. The normalized spacial score (nSPS) is 17.8. The maximum Gasteiger partial charge on any atom is 0.256 e. The van der Waals surface area contributed by atoms with E-state index in [0.29, 0.717) is 29.8 Å². The molecule has 184 valence electrons. The molecule has 1 fully saturated rings. The lowest BCUT2D eigenvalue weighted by atomic mass is 10.1. The zero-order valence-electron chi connectivity index (χ0n) is 20.4. The van der Waals surface area contributed by atoms with E-state index in [9.17, 15) is 14.4 Å². The first-order valence-corrected chi connectivity index (χ1v) is 12.2. The van der Waals surface area contributed by atoms with E-state index in [1.807, 2.05) is 67.6 Å². The van der Waals surface area contributed by atoms with E-state index in [0.717, 1.165) is 23.3 Å². The second-order valence-corrected chi connectivity index (χ2v) is 9.27. The molecule has 2 aliphatic rings. The summed E-state index contributed by atoms with van der Waals surface area (Å²) in [7, 11) is 1.61. The fourth-order valence-electron chi connectivity index (χ4n) is 5.04. The Morgan fingerprint density at radius 1 is 1.06 bits per heavy atom. The number of anilines is 1. The highest BCUT2D eigenvalue weighted by molar-refractivity contribution is 6.11. The van der Waals surface area contributed by atoms with Crippen molar-refractivity contribution in [1.29, 1.82) is 0 Å². The van der Waals surface area contributed by atoms with Gasteiger partial charge in [0, 0.05) is 12.1 Å². The Morgan fingerprint density at radius 3 is 2.69 bits per heavy atom. The topological polar surface area (TPSA) is 79.0 Å². The van der Waals surface area contributed by atoms with Gasteiger partial charge in [0.2, 0.25) is 5.91 Å². The lowest BCUT2D eigenvalue weighted by Gasteiger charge is -2.26. The molecule has 0 spiro atoms. The Balaban J connectivity index is 1.38. The highest BCUT2D eigenvalue weighted by Crippen LogP contribution is 2.33. The van der Waals surface area contributed by atoms with E-state index in [1.54, 1.807) is 29.0 Å². The molecule has 5 rings (SSSR count). The van der Waals surface area contributed by atoms with E-state index in [-0.39, 0.29) is 30.3 Å². The second kappa shape index (κ2) is 9.85. The summed E-state index contributed by atoms with van der Waals surface area (Å²) in [6.45, 7) is 2.80. The summed E-state index contributed by atoms with van der Waals surface area (Å²) < 4.78 is 5.29. The van der Waals surface area contributed by atoms with Crippen molar-refractivity contribution in [2.24, 2.45) is 0 Å². The number of ether oxygens (including phenoxy) is 1.